The van der Waals surface area contributed by atoms with Gasteiger partial charge < -0.3 is 0 Å². The van der Waals surface area contributed by atoms with Crippen LogP contribution in [-0.2, 0) is 4.79 Å². The van der Waals surface area contributed by atoms with Gasteiger partial charge in [-0.25, -0.2) is 14.4 Å². The smallest absolute Gasteiger partial charge is 0.268 e. The lowest BCUT2D eigenvalue weighted by Gasteiger charge is -2.15. The zero-order valence-corrected chi connectivity index (χ0v) is 16.0. The van der Waals surface area contributed by atoms with Crippen LogP contribution in [0.1, 0.15) is 5.56 Å². The third kappa shape index (κ3) is 3.83. The highest BCUT2D eigenvalue weighted by atomic mass is 35.5. The van der Waals surface area contributed by atoms with Gasteiger partial charge in [-0.15, -0.1) is 0 Å². The number of aliphatic imine (C=N–C) groups is 1. The van der Waals surface area contributed by atoms with Crippen molar-refractivity contribution >= 4 is 51.9 Å². The maximum Gasteiger partial charge on any atom is 0.271 e. The van der Waals surface area contributed by atoms with E-state index in [0.29, 0.717) is 27.0 Å². The Balaban J connectivity index is 1.79. The highest BCUT2D eigenvalue weighted by Gasteiger charge is 2.34. The van der Waals surface area contributed by atoms with Gasteiger partial charge in [-0.05, 0) is 59.8 Å². The molecule has 0 unspecified atom stereocenters. The number of halogens is 2. The minimum Gasteiger partial charge on any atom is -0.268 e. The molecule has 0 saturated carbocycles. The van der Waals surface area contributed by atoms with Gasteiger partial charge in [-0.1, -0.05) is 41.9 Å². The van der Waals surface area contributed by atoms with E-state index >= 15 is 0 Å². The molecule has 1 aliphatic heterocycles. The number of nitrogens with zero attached hydrogens (tertiary/aromatic N) is 3. The molecular weight excluding hydrogens is 397 g/mol. The van der Waals surface area contributed by atoms with Crippen LogP contribution in [0.25, 0.3) is 6.08 Å². The quantitative estimate of drug-likeness (QED) is 0.412. The van der Waals surface area contributed by atoms with E-state index < -0.39 is 0 Å². The number of benzene rings is 2. The fourth-order valence-corrected chi connectivity index (χ4v) is 3.82. The summed E-state index contributed by atoms with van der Waals surface area (Å²) >= 11 is 7.33. The van der Waals surface area contributed by atoms with Gasteiger partial charge in [0.25, 0.3) is 5.91 Å². The van der Waals surface area contributed by atoms with E-state index in [1.165, 1.54) is 28.8 Å². The van der Waals surface area contributed by atoms with Gasteiger partial charge in [0, 0.05) is 6.20 Å². The molecule has 0 atom stereocenters. The molecule has 1 aromatic heterocycles. The summed E-state index contributed by atoms with van der Waals surface area (Å²) in [4.78, 5) is 23.6. The fraction of sp³-hybridized carbons (Fsp3) is 0. The first-order valence-electron chi connectivity index (χ1n) is 8.35. The van der Waals surface area contributed by atoms with E-state index in [2.05, 4.69) is 9.98 Å². The highest BCUT2D eigenvalue weighted by Crippen LogP contribution is 2.38. The molecule has 0 radical (unpaired) electrons. The minimum absolute atomic E-state index is 0.237. The summed E-state index contributed by atoms with van der Waals surface area (Å²) in [5.41, 5.74) is 1.75. The Morgan fingerprint density at radius 1 is 1.07 bits per heavy atom. The lowest BCUT2D eigenvalue weighted by Crippen LogP contribution is -2.28. The molecule has 2 heterocycles. The number of rotatable bonds is 3. The molecule has 1 amide bonds. The summed E-state index contributed by atoms with van der Waals surface area (Å²) < 4.78 is 13.5. The van der Waals surface area contributed by atoms with Crippen LogP contribution in [0, 0.1) is 5.82 Å². The van der Waals surface area contributed by atoms with Crippen LogP contribution in [0.15, 0.2) is 82.8 Å². The van der Waals surface area contributed by atoms with Crippen LogP contribution in [0.5, 0.6) is 0 Å². The van der Waals surface area contributed by atoms with Crippen LogP contribution in [0.2, 0.25) is 5.15 Å². The van der Waals surface area contributed by atoms with Crippen LogP contribution in [0.4, 0.5) is 15.8 Å². The number of pyridine rings is 1. The molecule has 0 aliphatic carbocycles. The molecule has 3 aromatic rings. The van der Waals surface area contributed by atoms with E-state index in [1.54, 1.807) is 36.5 Å². The van der Waals surface area contributed by atoms with Crippen LogP contribution in [0.3, 0.4) is 0 Å². The Labute approximate surface area is 170 Å². The van der Waals surface area contributed by atoms with Gasteiger partial charge >= 0.3 is 0 Å². The number of thioether (sulfide) groups is 1. The molecule has 4 nitrogen and oxygen atoms in total. The van der Waals surface area contributed by atoms with E-state index in [-0.39, 0.29) is 16.9 Å². The Morgan fingerprint density at radius 3 is 2.64 bits per heavy atom. The number of aromatic nitrogens is 1. The summed E-state index contributed by atoms with van der Waals surface area (Å²) in [6.07, 6.45) is 3.22. The Hall–Kier alpha value is -2.96. The van der Waals surface area contributed by atoms with Crippen LogP contribution >= 0.6 is 23.4 Å². The van der Waals surface area contributed by atoms with E-state index in [4.69, 9.17) is 11.6 Å². The molecule has 7 heteroatoms. The predicted octanol–water partition coefficient (Wildman–Crippen LogP) is 5.68. The zero-order valence-electron chi connectivity index (χ0n) is 14.4. The highest BCUT2D eigenvalue weighted by molar-refractivity contribution is 8.19. The lowest BCUT2D eigenvalue weighted by atomic mass is 10.2. The molecule has 0 spiro atoms. The average molecular weight is 410 g/mol. The van der Waals surface area contributed by atoms with Crippen molar-refractivity contribution in [3.8, 4) is 0 Å². The second-order valence-electron chi connectivity index (χ2n) is 5.85. The van der Waals surface area contributed by atoms with Crippen molar-refractivity contribution in [1.29, 1.82) is 0 Å². The molecule has 1 saturated heterocycles. The molecular formula is C21H13ClFN3OS. The second-order valence-corrected chi connectivity index (χ2v) is 7.22. The van der Waals surface area contributed by atoms with Crippen LogP contribution < -0.4 is 4.90 Å². The third-order valence-electron chi connectivity index (χ3n) is 3.92. The van der Waals surface area contributed by atoms with Crippen molar-refractivity contribution in [1.82, 2.24) is 4.98 Å². The maximum absolute atomic E-state index is 13.5. The number of hydrogen-bond acceptors (Lipinski definition) is 4. The minimum atomic E-state index is -0.360. The largest absolute Gasteiger partial charge is 0.271 e. The first-order chi connectivity index (χ1) is 13.6. The maximum atomic E-state index is 13.5. The van der Waals surface area contributed by atoms with Crippen LogP contribution in [-0.4, -0.2) is 16.1 Å². The van der Waals surface area contributed by atoms with E-state index in [1.807, 2.05) is 30.3 Å². The molecule has 4 rings (SSSR count). The second kappa shape index (κ2) is 7.96. The first-order valence-corrected chi connectivity index (χ1v) is 9.55. The van der Waals surface area contributed by atoms with Gasteiger partial charge in [-0.3, -0.25) is 9.69 Å². The van der Waals surface area contributed by atoms with E-state index in [9.17, 15) is 9.18 Å². The normalized spacial score (nSPS) is 16.9. The Morgan fingerprint density at radius 2 is 1.89 bits per heavy atom. The molecule has 1 fully saturated rings. The lowest BCUT2D eigenvalue weighted by molar-refractivity contribution is -0.113. The van der Waals surface area contributed by atoms with Gasteiger partial charge in [0.2, 0.25) is 0 Å². The molecule has 1 aliphatic rings. The number of hydrogen-bond donors (Lipinski definition) is 0. The topological polar surface area (TPSA) is 45.6 Å². The summed E-state index contributed by atoms with van der Waals surface area (Å²) in [5, 5.41) is 0.701. The Bertz CT molecular complexity index is 1100. The molecule has 0 bridgehead atoms. The van der Waals surface area contributed by atoms with E-state index in [0.717, 1.165) is 0 Å². The monoisotopic (exact) mass is 409 g/mol. The number of para-hydroxylation sites is 1. The number of amidine groups is 1. The molecule has 28 heavy (non-hydrogen) atoms. The number of amides is 1. The standard InChI is InChI=1S/C21H13ClFN3OS/c22-19-17(10-5-11-24-19)25-21-26(16-8-2-1-3-9-16)20(27)18(28-21)13-14-6-4-7-15(23)12-14/h1-13H/b18-13-,25-21?. The first kappa shape index (κ1) is 18.4. The number of anilines is 1. The van der Waals surface area contributed by atoms with Crippen molar-refractivity contribution in [3.63, 3.8) is 0 Å². The van der Waals surface area contributed by atoms with Crippen molar-refractivity contribution in [3.05, 3.63) is 94.4 Å². The Kier molecular flexibility index (Phi) is 5.23. The summed E-state index contributed by atoms with van der Waals surface area (Å²) in [6, 6.07) is 18.7. The third-order valence-corrected chi connectivity index (χ3v) is 5.18. The number of carbonyl (C=O) groups excluding carboxylic acids is 1. The van der Waals surface area contributed by atoms with Crippen molar-refractivity contribution in [2.24, 2.45) is 4.99 Å². The van der Waals surface area contributed by atoms with Crippen molar-refractivity contribution in [2.45, 2.75) is 0 Å². The van der Waals surface area contributed by atoms with Crippen molar-refractivity contribution in [2.75, 3.05) is 4.90 Å². The molecule has 0 N–H and O–H groups in total. The molecule has 138 valence electrons. The van der Waals surface area contributed by atoms with Gasteiger partial charge in [0.15, 0.2) is 10.3 Å². The molecule has 2 aromatic carbocycles. The number of carbonyl (C=O) groups is 1. The average Bonchev–Trinajstić information content (AvgIpc) is 2.99. The summed E-state index contributed by atoms with van der Waals surface area (Å²) in [6.45, 7) is 0. The van der Waals surface area contributed by atoms with Crippen molar-refractivity contribution < 1.29 is 9.18 Å². The SMILES string of the molecule is O=C1/C(=C/c2cccc(F)c2)SC(=Nc2cccnc2Cl)N1c1ccccc1. The van der Waals surface area contributed by atoms with Gasteiger partial charge in [0.05, 0.1) is 10.6 Å². The summed E-state index contributed by atoms with van der Waals surface area (Å²) in [7, 11) is 0. The fourth-order valence-electron chi connectivity index (χ4n) is 2.67. The predicted molar refractivity (Wildman–Crippen MR) is 112 cm³/mol. The zero-order chi connectivity index (χ0) is 19.5. The van der Waals surface area contributed by atoms with Gasteiger partial charge in [-0.2, -0.15) is 0 Å². The summed E-state index contributed by atoms with van der Waals surface area (Å²) in [5.74, 6) is -0.597. The van der Waals surface area contributed by atoms with Gasteiger partial charge in [0.1, 0.15) is 11.5 Å².